The lowest BCUT2D eigenvalue weighted by Crippen LogP contribution is -2.32. The minimum Gasteiger partial charge on any atom is -0.483 e. The maximum Gasteiger partial charge on any atom is 0.132 e. The van der Waals surface area contributed by atoms with E-state index in [0.717, 1.165) is 17.7 Å². The van der Waals surface area contributed by atoms with E-state index in [1.54, 1.807) is 0 Å². The van der Waals surface area contributed by atoms with Crippen molar-refractivity contribution in [1.82, 2.24) is 0 Å². The molecule has 19 heavy (non-hydrogen) atoms. The Morgan fingerprint density at radius 2 is 1.84 bits per heavy atom. The number of ether oxygens (including phenoxy) is 1. The first-order valence-corrected chi connectivity index (χ1v) is 6.72. The maximum absolute atomic E-state index is 6.14. The Balaban J connectivity index is 2.30. The van der Waals surface area contributed by atoms with Crippen LogP contribution in [0.5, 0.6) is 5.75 Å². The Bertz CT molecular complexity index is 529. The molecule has 2 nitrogen and oxygen atoms in total. The fourth-order valence-corrected chi connectivity index (χ4v) is 2.29. The molecule has 2 N–H and O–H groups in total. The molecule has 2 rings (SSSR count). The molecule has 2 aromatic rings. The van der Waals surface area contributed by atoms with E-state index in [0.29, 0.717) is 11.6 Å². The third-order valence-electron chi connectivity index (χ3n) is 3.15. The van der Waals surface area contributed by atoms with Crippen LogP contribution in [0.3, 0.4) is 0 Å². The zero-order valence-electron chi connectivity index (χ0n) is 11.0. The summed E-state index contributed by atoms with van der Waals surface area (Å²) in [5, 5.41) is 0.667. The first kappa shape index (κ1) is 13.9. The second kappa shape index (κ2) is 6.09. The normalized spacial score (nSPS) is 13.8. The standard InChI is InChI=1S/C16H18ClNO/c1-16(10-11-18,13-6-3-2-4-7-13)19-15-9-5-8-14(17)12-15/h2-9,12H,10-11,18H2,1H3. The minimum atomic E-state index is -0.444. The van der Waals surface area contributed by atoms with Crippen molar-refractivity contribution in [3.05, 3.63) is 65.2 Å². The third kappa shape index (κ3) is 3.49. The molecule has 0 aromatic heterocycles. The Hall–Kier alpha value is -1.51. The summed E-state index contributed by atoms with van der Waals surface area (Å²) in [6.07, 6.45) is 0.740. The average molecular weight is 276 g/mol. The molecule has 0 aliphatic carbocycles. The lowest BCUT2D eigenvalue weighted by molar-refractivity contribution is 0.0797. The molecule has 3 heteroatoms. The van der Waals surface area contributed by atoms with Crippen molar-refractivity contribution in [2.75, 3.05) is 6.54 Å². The summed E-state index contributed by atoms with van der Waals surface area (Å²) in [5.41, 5.74) is 6.40. The molecule has 0 fully saturated rings. The Morgan fingerprint density at radius 1 is 1.11 bits per heavy atom. The molecule has 0 radical (unpaired) electrons. The van der Waals surface area contributed by atoms with Gasteiger partial charge in [-0.05, 0) is 37.2 Å². The molecule has 0 bridgehead atoms. The van der Waals surface area contributed by atoms with E-state index in [4.69, 9.17) is 22.1 Å². The number of rotatable bonds is 5. The molecular weight excluding hydrogens is 258 g/mol. The van der Waals surface area contributed by atoms with Gasteiger partial charge in [-0.3, -0.25) is 0 Å². The van der Waals surface area contributed by atoms with Crippen molar-refractivity contribution in [3.8, 4) is 5.75 Å². The zero-order chi connectivity index (χ0) is 13.7. The second-order valence-corrected chi connectivity index (χ2v) is 5.13. The van der Waals surface area contributed by atoms with Gasteiger partial charge >= 0.3 is 0 Å². The van der Waals surface area contributed by atoms with E-state index in [9.17, 15) is 0 Å². The fourth-order valence-electron chi connectivity index (χ4n) is 2.11. The van der Waals surface area contributed by atoms with Gasteiger partial charge in [0.15, 0.2) is 0 Å². The molecule has 2 aromatic carbocycles. The summed E-state index contributed by atoms with van der Waals surface area (Å²) in [6.45, 7) is 2.61. The summed E-state index contributed by atoms with van der Waals surface area (Å²) in [4.78, 5) is 0. The predicted molar refractivity (Wildman–Crippen MR) is 79.5 cm³/mol. The Morgan fingerprint density at radius 3 is 2.47 bits per heavy atom. The van der Waals surface area contributed by atoms with Gasteiger partial charge < -0.3 is 10.5 Å². The summed E-state index contributed by atoms with van der Waals surface area (Å²) in [7, 11) is 0. The highest BCUT2D eigenvalue weighted by atomic mass is 35.5. The number of hydrogen-bond donors (Lipinski definition) is 1. The topological polar surface area (TPSA) is 35.2 Å². The highest BCUT2D eigenvalue weighted by Gasteiger charge is 2.27. The van der Waals surface area contributed by atoms with Crippen LogP contribution in [0.15, 0.2) is 54.6 Å². The van der Waals surface area contributed by atoms with E-state index in [1.807, 2.05) is 42.5 Å². The van der Waals surface area contributed by atoms with E-state index in [-0.39, 0.29) is 0 Å². The maximum atomic E-state index is 6.14. The highest BCUT2D eigenvalue weighted by Crippen LogP contribution is 2.31. The van der Waals surface area contributed by atoms with E-state index < -0.39 is 5.60 Å². The van der Waals surface area contributed by atoms with Gasteiger partial charge in [-0.1, -0.05) is 48.0 Å². The van der Waals surface area contributed by atoms with Crippen molar-refractivity contribution < 1.29 is 4.74 Å². The summed E-state index contributed by atoms with van der Waals surface area (Å²) >= 11 is 5.99. The van der Waals surface area contributed by atoms with Crippen molar-refractivity contribution in [2.45, 2.75) is 18.9 Å². The van der Waals surface area contributed by atoms with Crippen molar-refractivity contribution in [2.24, 2.45) is 5.73 Å². The Kier molecular flexibility index (Phi) is 4.46. The first-order chi connectivity index (χ1) is 9.14. The lowest BCUT2D eigenvalue weighted by Gasteiger charge is -2.31. The number of hydrogen-bond acceptors (Lipinski definition) is 2. The van der Waals surface area contributed by atoms with Crippen LogP contribution >= 0.6 is 11.6 Å². The predicted octanol–water partition coefficient (Wildman–Crippen LogP) is 3.98. The Labute approximate surface area is 119 Å². The molecule has 0 saturated carbocycles. The molecule has 0 heterocycles. The van der Waals surface area contributed by atoms with Crippen molar-refractivity contribution in [3.63, 3.8) is 0 Å². The molecular formula is C16H18ClNO. The van der Waals surface area contributed by atoms with Crippen LogP contribution in [0.25, 0.3) is 0 Å². The van der Waals surface area contributed by atoms with Gasteiger partial charge in [0.1, 0.15) is 11.4 Å². The van der Waals surface area contributed by atoms with Crippen LogP contribution < -0.4 is 10.5 Å². The van der Waals surface area contributed by atoms with Crippen LogP contribution in [-0.4, -0.2) is 6.54 Å². The molecule has 0 saturated heterocycles. The van der Waals surface area contributed by atoms with Crippen LogP contribution in [0.1, 0.15) is 18.9 Å². The molecule has 0 amide bonds. The highest BCUT2D eigenvalue weighted by molar-refractivity contribution is 6.30. The summed E-state index contributed by atoms with van der Waals surface area (Å²) in [5.74, 6) is 0.757. The zero-order valence-corrected chi connectivity index (χ0v) is 11.7. The van der Waals surface area contributed by atoms with E-state index >= 15 is 0 Å². The summed E-state index contributed by atoms with van der Waals surface area (Å²) in [6, 6.07) is 17.6. The third-order valence-corrected chi connectivity index (χ3v) is 3.38. The molecule has 100 valence electrons. The van der Waals surface area contributed by atoms with Crippen molar-refractivity contribution in [1.29, 1.82) is 0 Å². The number of halogens is 1. The molecule has 0 spiro atoms. The van der Waals surface area contributed by atoms with Gasteiger partial charge in [0, 0.05) is 11.4 Å². The molecule has 0 aliphatic heterocycles. The van der Waals surface area contributed by atoms with Crippen LogP contribution in [-0.2, 0) is 5.60 Å². The minimum absolute atomic E-state index is 0.444. The van der Waals surface area contributed by atoms with Gasteiger partial charge in [0.2, 0.25) is 0 Å². The van der Waals surface area contributed by atoms with E-state index in [1.165, 1.54) is 0 Å². The van der Waals surface area contributed by atoms with Gasteiger partial charge in [0.25, 0.3) is 0 Å². The molecule has 1 unspecified atom stereocenters. The van der Waals surface area contributed by atoms with Gasteiger partial charge in [-0.25, -0.2) is 0 Å². The lowest BCUT2D eigenvalue weighted by atomic mass is 9.92. The number of nitrogens with two attached hydrogens (primary N) is 1. The first-order valence-electron chi connectivity index (χ1n) is 6.34. The fraction of sp³-hybridized carbons (Fsp3) is 0.250. The van der Waals surface area contributed by atoms with Gasteiger partial charge in [0.05, 0.1) is 0 Å². The smallest absolute Gasteiger partial charge is 0.132 e. The van der Waals surface area contributed by atoms with E-state index in [2.05, 4.69) is 19.1 Å². The van der Waals surface area contributed by atoms with Crippen molar-refractivity contribution >= 4 is 11.6 Å². The molecule has 0 aliphatic rings. The number of benzene rings is 2. The SMILES string of the molecule is CC(CCN)(Oc1cccc(Cl)c1)c1ccccc1. The second-order valence-electron chi connectivity index (χ2n) is 4.69. The summed E-state index contributed by atoms with van der Waals surface area (Å²) < 4.78 is 6.14. The van der Waals surface area contributed by atoms with Crippen LogP contribution in [0, 0.1) is 0 Å². The molecule has 1 atom stereocenters. The van der Waals surface area contributed by atoms with Gasteiger partial charge in [-0.2, -0.15) is 0 Å². The van der Waals surface area contributed by atoms with Gasteiger partial charge in [-0.15, -0.1) is 0 Å². The average Bonchev–Trinajstić information content (AvgIpc) is 2.40. The van der Waals surface area contributed by atoms with Crippen LogP contribution in [0.2, 0.25) is 5.02 Å². The van der Waals surface area contributed by atoms with Crippen LogP contribution in [0.4, 0.5) is 0 Å². The monoisotopic (exact) mass is 275 g/mol. The largest absolute Gasteiger partial charge is 0.483 e. The quantitative estimate of drug-likeness (QED) is 0.896.